The molecule has 0 unspecified atom stereocenters. The van der Waals surface area contributed by atoms with Crippen LogP contribution in [0.1, 0.15) is 6.42 Å². The predicted molar refractivity (Wildman–Crippen MR) is 24.0 cm³/mol. The van der Waals surface area contributed by atoms with E-state index in [1.165, 1.54) is 0 Å². The summed E-state index contributed by atoms with van der Waals surface area (Å²) in [5.74, 6) is -0.940. The minimum absolute atomic E-state index is 0.115. The molecular formula is C4H6O3. The third-order valence-electron chi connectivity index (χ3n) is 0.398. The van der Waals surface area contributed by atoms with Crippen molar-refractivity contribution in [3.05, 3.63) is 12.3 Å². The fraction of sp³-hybridized carbons (Fsp3) is 0.250. The zero-order chi connectivity index (χ0) is 5.70. The Morgan fingerprint density at radius 3 is 2.43 bits per heavy atom. The fourth-order valence-electron chi connectivity index (χ4n) is 0.154. The van der Waals surface area contributed by atoms with Crippen molar-refractivity contribution in [2.24, 2.45) is 0 Å². The van der Waals surface area contributed by atoms with E-state index in [9.17, 15) is 4.79 Å². The molecule has 3 nitrogen and oxygen atoms in total. The summed E-state index contributed by atoms with van der Waals surface area (Å²) >= 11 is 0. The van der Waals surface area contributed by atoms with Crippen molar-refractivity contribution in [3.63, 3.8) is 0 Å². The Labute approximate surface area is 40.9 Å². The van der Waals surface area contributed by atoms with Gasteiger partial charge in [-0.1, -0.05) is 0 Å². The lowest BCUT2D eigenvalue weighted by molar-refractivity contribution is -0.136. The van der Waals surface area contributed by atoms with E-state index in [0.717, 1.165) is 6.08 Å². The van der Waals surface area contributed by atoms with Crippen LogP contribution in [-0.2, 0) is 4.79 Å². The molecule has 0 amide bonds. The first kappa shape index (κ1) is 6.01. The Balaban J connectivity index is 3.14. The Morgan fingerprint density at radius 1 is 1.71 bits per heavy atom. The Kier molecular flexibility index (Phi) is 2.76. The maximum atomic E-state index is 9.60. The van der Waals surface area contributed by atoms with Gasteiger partial charge in [0.25, 0.3) is 0 Å². The van der Waals surface area contributed by atoms with Crippen LogP contribution in [0.15, 0.2) is 12.3 Å². The van der Waals surface area contributed by atoms with Gasteiger partial charge in [-0.15, -0.1) is 0 Å². The summed E-state index contributed by atoms with van der Waals surface area (Å²) < 4.78 is 0. The van der Waals surface area contributed by atoms with Crippen molar-refractivity contribution in [2.45, 2.75) is 6.42 Å². The molecule has 0 aromatic rings. The highest BCUT2D eigenvalue weighted by Gasteiger charge is 1.86. The van der Waals surface area contributed by atoms with Gasteiger partial charge in [0, 0.05) is 0 Å². The number of aliphatic carboxylic acids is 1. The lowest BCUT2D eigenvalue weighted by Crippen LogP contribution is -1.89. The monoisotopic (exact) mass is 102 g/mol. The number of aliphatic hydroxyl groups excluding tert-OH is 1. The SMILES string of the molecule is O=C(O)C/C=C/O. The molecule has 0 heterocycles. The zero-order valence-corrected chi connectivity index (χ0v) is 3.66. The van der Waals surface area contributed by atoms with Gasteiger partial charge in [-0.25, -0.2) is 0 Å². The summed E-state index contributed by atoms with van der Waals surface area (Å²) in [4.78, 5) is 9.60. The third-order valence-corrected chi connectivity index (χ3v) is 0.398. The van der Waals surface area contributed by atoms with Crippen molar-refractivity contribution in [2.75, 3.05) is 0 Å². The first-order valence-electron chi connectivity index (χ1n) is 1.78. The highest BCUT2D eigenvalue weighted by atomic mass is 16.4. The Morgan fingerprint density at radius 2 is 2.29 bits per heavy atom. The maximum Gasteiger partial charge on any atom is 0.307 e. The van der Waals surface area contributed by atoms with Crippen LogP contribution < -0.4 is 0 Å². The quantitative estimate of drug-likeness (QED) is 0.500. The third kappa shape index (κ3) is 5.01. The molecule has 0 saturated heterocycles. The number of carbonyl (C=O) groups is 1. The topological polar surface area (TPSA) is 57.5 Å². The zero-order valence-electron chi connectivity index (χ0n) is 3.66. The average Bonchev–Trinajstić information content (AvgIpc) is 1.61. The summed E-state index contributed by atoms with van der Waals surface area (Å²) in [6.07, 6.45) is 1.76. The molecule has 0 aliphatic carbocycles. The molecule has 3 heteroatoms. The standard InChI is InChI=1S/C4H6O3/c5-3-1-2-4(6)7/h1,3,5H,2H2,(H,6,7)/b3-1+. The van der Waals surface area contributed by atoms with Crippen molar-refractivity contribution >= 4 is 5.97 Å². The van der Waals surface area contributed by atoms with Gasteiger partial charge in [-0.05, 0) is 6.08 Å². The maximum absolute atomic E-state index is 9.60. The molecule has 0 aromatic carbocycles. The van der Waals surface area contributed by atoms with Crippen LogP contribution >= 0.6 is 0 Å². The first-order chi connectivity index (χ1) is 3.27. The second-order valence-electron chi connectivity index (χ2n) is 0.983. The Bertz CT molecular complexity index is 84.9. The van der Waals surface area contributed by atoms with E-state index < -0.39 is 5.97 Å². The lowest BCUT2D eigenvalue weighted by Gasteiger charge is -1.77. The number of carboxylic acids is 1. The summed E-state index contributed by atoms with van der Waals surface area (Å²) in [7, 11) is 0. The number of aliphatic hydroxyl groups is 1. The molecule has 0 atom stereocenters. The van der Waals surface area contributed by atoms with Gasteiger partial charge in [0.05, 0.1) is 12.7 Å². The highest BCUT2D eigenvalue weighted by Crippen LogP contribution is 1.77. The molecule has 0 bridgehead atoms. The smallest absolute Gasteiger partial charge is 0.307 e. The number of hydrogen-bond acceptors (Lipinski definition) is 2. The fourth-order valence-corrected chi connectivity index (χ4v) is 0.154. The van der Waals surface area contributed by atoms with Gasteiger partial charge >= 0.3 is 5.97 Å². The van der Waals surface area contributed by atoms with Gasteiger partial charge in [0.1, 0.15) is 0 Å². The van der Waals surface area contributed by atoms with E-state index in [2.05, 4.69) is 0 Å². The molecule has 0 radical (unpaired) electrons. The van der Waals surface area contributed by atoms with E-state index in [-0.39, 0.29) is 6.42 Å². The second-order valence-corrected chi connectivity index (χ2v) is 0.983. The van der Waals surface area contributed by atoms with Crippen molar-refractivity contribution in [1.29, 1.82) is 0 Å². The van der Waals surface area contributed by atoms with Crippen LogP contribution in [0.4, 0.5) is 0 Å². The van der Waals surface area contributed by atoms with E-state index in [4.69, 9.17) is 10.2 Å². The molecule has 0 aliphatic heterocycles. The number of rotatable bonds is 2. The molecule has 0 aliphatic rings. The van der Waals surface area contributed by atoms with E-state index in [1.54, 1.807) is 0 Å². The van der Waals surface area contributed by atoms with Gasteiger partial charge in [0.15, 0.2) is 0 Å². The second kappa shape index (κ2) is 3.21. The largest absolute Gasteiger partial charge is 0.516 e. The van der Waals surface area contributed by atoms with Crippen molar-refractivity contribution < 1.29 is 15.0 Å². The molecule has 0 fully saturated rings. The lowest BCUT2D eigenvalue weighted by atomic mass is 10.4. The van der Waals surface area contributed by atoms with Gasteiger partial charge < -0.3 is 10.2 Å². The number of carboxylic acid groups (broad SMARTS) is 1. The first-order valence-corrected chi connectivity index (χ1v) is 1.78. The van der Waals surface area contributed by atoms with Crippen LogP contribution in [-0.4, -0.2) is 16.2 Å². The molecule has 40 valence electrons. The van der Waals surface area contributed by atoms with Crippen LogP contribution in [0.5, 0.6) is 0 Å². The summed E-state index contributed by atoms with van der Waals surface area (Å²) in [5.41, 5.74) is 0. The van der Waals surface area contributed by atoms with Crippen LogP contribution in [0.2, 0.25) is 0 Å². The molecular weight excluding hydrogens is 96.0 g/mol. The minimum Gasteiger partial charge on any atom is -0.516 e. The van der Waals surface area contributed by atoms with Crippen LogP contribution in [0, 0.1) is 0 Å². The molecule has 7 heavy (non-hydrogen) atoms. The van der Waals surface area contributed by atoms with Gasteiger partial charge in [-0.2, -0.15) is 0 Å². The van der Waals surface area contributed by atoms with Crippen molar-refractivity contribution in [1.82, 2.24) is 0 Å². The number of hydrogen-bond donors (Lipinski definition) is 2. The van der Waals surface area contributed by atoms with E-state index in [1.807, 2.05) is 0 Å². The minimum atomic E-state index is -0.940. The average molecular weight is 102 g/mol. The molecule has 2 N–H and O–H groups in total. The Hall–Kier alpha value is -0.990. The summed E-state index contributed by atoms with van der Waals surface area (Å²) in [6.45, 7) is 0. The summed E-state index contributed by atoms with van der Waals surface area (Å²) in [5, 5.41) is 15.8. The van der Waals surface area contributed by atoms with Crippen LogP contribution in [0.3, 0.4) is 0 Å². The molecule has 0 aromatic heterocycles. The van der Waals surface area contributed by atoms with Crippen LogP contribution in [0.25, 0.3) is 0 Å². The highest BCUT2D eigenvalue weighted by molar-refractivity contribution is 5.68. The van der Waals surface area contributed by atoms with Gasteiger partial charge in [0.2, 0.25) is 0 Å². The molecule has 0 saturated carbocycles. The predicted octanol–water partition coefficient (Wildman–Crippen LogP) is 0.533. The van der Waals surface area contributed by atoms with Gasteiger partial charge in [-0.3, -0.25) is 4.79 Å². The molecule has 0 spiro atoms. The van der Waals surface area contributed by atoms with E-state index >= 15 is 0 Å². The summed E-state index contributed by atoms with van der Waals surface area (Å²) in [6, 6.07) is 0. The van der Waals surface area contributed by atoms with E-state index in [0.29, 0.717) is 6.26 Å². The normalized spacial score (nSPS) is 9.71. The molecule has 0 rings (SSSR count). The van der Waals surface area contributed by atoms with Crippen molar-refractivity contribution in [3.8, 4) is 0 Å².